The first kappa shape index (κ1) is 16.4. The zero-order valence-electron chi connectivity index (χ0n) is 13.2. The molecule has 120 valence electrons. The van der Waals surface area contributed by atoms with Gasteiger partial charge in [-0.25, -0.2) is 0 Å². The third-order valence-corrected chi connectivity index (χ3v) is 10.7. The fourth-order valence-electron chi connectivity index (χ4n) is 3.34. The number of rotatable bonds is 10. The summed E-state index contributed by atoms with van der Waals surface area (Å²) >= 11 is 4.31. The summed E-state index contributed by atoms with van der Waals surface area (Å²) in [5, 5.41) is 2.62. The molecule has 0 aromatic carbocycles. The minimum Gasteiger partial charge on any atom is -0.374 e. The second-order valence-corrected chi connectivity index (χ2v) is 11.3. The van der Waals surface area contributed by atoms with Crippen molar-refractivity contribution in [3.05, 3.63) is 12.2 Å². The monoisotopic (exact) mass is 346 g/mol. The lowest BCUT2D eigenvalue weighted by Gasteiger charge is -2.29. The van der Waals surface area contributed by atoms with Crippen molar-refractivity contribution >= 4 is 32.3 Å². The second kappa shape index (κ2) is 6.57. The van der Waals surface area contributed by atoms with Crippen LogP contribution < -0.4 is 0 Å². The van der Waals surface area contributed by atoms with Gasteiger partial charge >= 0.3 is 8.80 Å². The minimum absolute atomic E-state index is 0.440. The molecule has 2 saturated heterocycles. The van der Waals surface area contributed by atoms with Crippen LogP contribution in [0.4, 0.5) is 0 Å². The van der Waals surface area contributed by atoms with Gasteiger partial charge in [-0.15, -0.1) is 23.5 Å². The Hall–Kier alpha value is 0.537. The van der Waals surface area contributed by atoms with Gasteiger partial charge in [0.1, 0.15) is 0 Å². The molecule has 0 amide bonds. The Morgan fingerprint density at radius 3 is 2.38 bits per heavy atom. The molecule has 2 fully saturated rings. The summed E-state index contributed by atoms with van der Waals surface area (Å²) in [7, 11) is -2.44. The fourth-order valence-corrected chi connectivity index (χ4v) is 9.04. The predicted molar refractivity (Wildman–Crippen MR) is 93.1 cm³/mol. The van der Waals surface area contributed by atoms with E-state index in [0.717, 1.165) is 28.2 Å². The lowest BCUT2D eigenvalue weighted by atomic mass is 9.92. The van der Waals surface area contributed by atoms with Crippen LogP contribution in [0.15, 0.2) is 12.2 Å². The summed E-state index contributed by atoms with van der Waals surface area (Å²) in [6.07, 6.45) is 7.30. The van der Waals surface area contributed by atoms with Gasteiger partial charge in [-0.3, -0.25) is 0 Å². The number of fused-ring (bicyclic) bond motifs is 3. The molecule has 1 aliphatic carbocycles. The summed E-state index contributed by atoms with van der Waals surface area (Å²) in [5.74, 6) is 0. The third kappa shape index (κ3) is 3.40. The van der Waals surface area contributed by atoms with Crippen LogP contribution in [0.3, 0.4) is 0 Å². The second-order valence-electron chi connectivity index (χ2n) is 5.75. The van der Waals surface area contributed by atoms with E-state index in [-0.39, 0.29) is 0 Å². The van der Waals surface area contributed by atoms with Crippen LogP contribution in [0.1, 0.15) is 33.6 Å². The molecule has 0 aromatic rings. The molecule has 0 N–H and O–H groups in total. The molecule has 4 unspecified atom stereocenters. The van der Waals surface area contributed by atoms with Gasteiger partial charge in [0, 0.05) is 46.4 Å². The molecule has 4 atom stereocenters. The SMILES string of the molecule is CCO[Si](CCCC12C=CC3SC3C1S2)(OCC)OCC. The van der Waals surface area contributed by atoms with Gasteiger partial charge in [0.25, 0.3) is 0 Å². The average Bonchev–Trinajstić information content (AvgIpc) is 3.32. The van der Waals surface area contributed by atoms with E-state index in [0.29, 0.717) is 24.6 Å². The standard InChI is InChI=1S/C15H26O3S2Si/c1-4-16-21(17-5-2,18-6-3)11-7-9-15-10-8-12-13(19-12)14(15)20-15/h8,10,12-14H,4-7,9,11H2,1-3H3. The Balaban J connectivity index is 1.52. The van der Waals surface area contributed by atoms with Crippen molar-refractivity contribution in [2.45, 2.75) is 60.2 Å². The molecule has 21 heavy (non-hydrogen) atoms. The van der Waals surface area contributed by atoms with Gasteiger partial charge in [0.15, 0.2) is 0 Å². The minimum atomic E-state index is -2.44. The van der Waals surface area contributed by atoms with Crippen LogP contribution in [0.2, 0.25) is 6.04 Å². The first-order chi connectivity index (χ1) is 10.2. The largest absolute Gasteiger partial charge is 0.500 e. The average molecular weight is 347 g/mol. The zero-order chi connectivity index (χ0) is 14.9. The Morgan fingerprint density at radius 2 is 1.76 bits per heavy atom. The molecular weight excluding hydrogens is 320 g/mol. The highest BCUT2D eigenvalue weighted by molar-refractivity contribution is 8.13. The smallest absolute Gasteiger partial charge is 0.374 e. The van der Waals surface area contributed by atoms with Crippen LogP contribution in [-0.2, 0) is 13.3 Å². The maximum atomic E-state index is 5.94. The highest BCUT2D eigenvalue weighted by atomic mass is 32.2. The zero-order valence-corrected chi connectivity index (χ0v) is 15.8. The van der Waals surface area contributed by atoms with Gasteiger partial charge in [-0.1, -0.05) is 12.2 Å². The van der Waals surface area contributed by atoms with Crippen molar-refractivity contribution in [1.29, 1.82) is 0 Å². The first-order valence-electron chi connectivity index (χ1n) is 8.13. The lowest BCUT2D eigenvalue weighted by Crippen LogP contribution is -2.46. The fraction of sp³-hybridized carbons (Fsp3) is 0.867. The quantitative estimate of drug-likeness (QED) is 0.341. The summed E-state index contributed by atoms with van der Waals surface area (Å²) < 4.78 is 18.3. The topological polar surface area (TPSA) is 27.7 Å². The third-order valence-electron chi connectivity index (χ3n) is 4.34. The van der Waals surface area contributed by atoms with Crippen LogP contribution >= 0.6 is 23.5 Å². The van der Waals surface area contributed by atoms with E-state index in [1.807, 2.05) is 20.8 Å². The molecule has 3 nitrogen and oxygen atoms in total. The Kier molecular flexibility index (Phi) is 5.13. The molecule has 0 radical (unpaired) electrons. The molecule has 0 aromatic heterocycles. The van der Waals surface area contributed by atoms with Crippen LogP contribution in [0, 0.1) is 0 Å². The first-order valence-corrected chi connectivity index (χ1v) is 11.9. The molecule has 2 heterocycles. The Bertz CT molecular complexity index is 389. The summed E-state index contributed by atoms with van der Waals surface area (Å²) in [4.78, 5) is 0. The highest BCUT2D eigenvalue weighted by Gasteiger charge is 2.65. The van der Waals surface area contributed by atoms with Crippen molar-refractivity contribution in [2.24, 2.45) is 0 Å². The van der Waals surface area contributed by atoms with E-state index in [1.165, 1.54) is 6.42 Å². The lowest BCUT2D eigenvalue weighted by molar-refractivity contribution is 0.0706. The van der Waals surface area contributed by atoms with E-state index in [9.17, 15) is 0 Å². The molecule has 6 heteroatoms. The molecule has 3 rings (SSSR count). The number of hydrogen-bond acceptors (Lipinski definition) is 5. The number of hydrogen-bond donors (Lipinski definition) is 0. The van der Waals surface area contributed by atoms with Crippen LogP contribution in [-0.4, -0.2) is 49.1 Å². The van der Waals surface area contributed by atoms with Gasteiger partial charge in [-0.05, 0) is 33.6 Å². The van der Waals surface area contributed by atoms with Crippen LogP contribution in [0.5, 0.6) is 0 Å². The highest BCUT2D eigenvalue weighted by Crippen LogP contribution is 2.70. The van der Waals surface area contributed by atoms with E-state index in [1.54, 1.807) is 0 Å². The van der Waals surface area contributed by atoms with Crippen molar-refractivity contribution < 1.29 is 13.3 Å². The molecule has 2 aliphatic heterocycles. The van der Waals surface area contributed by atoms with Crippen molar-refractivity contribution in [2.75, 3.05) is 19.8 Å². The summed E-state index contributed by atoms with van der Waals surface area (Å²) in [6, 6.07) is 0.951. The maximum absolute atomic E-state index is 5.94. The summed E-state index contributed by atoms with van der Waals surface area (Å²) in [6.45, 7) is 8.11. The van der Waals surface area contributed by atoms with Crippen molar-refractivity contribution in [3.8, 4) is 0 Å². The van der Waals surface area contributed by atoms with Gasteiger partial charge in [0.05, 0.1) is 0 Å². The number of thioether (sulfide) groups is 2. The molecule has 0 spiro atoms. The van der Waals surface area contributed by atoms with E-state index in [4.69, 9.17) is 13.3 Å². The van der Waals surface area contributed by atoms with Gasteiger partial charge < -0.3 is 13.3 Å². The molecule has 0 bridgehead atoms. The molecular formula is C15H26O3S2Si. The van der Waals surface area contributed by atoms with E-state index >= 15 is 0 Å². The predicted octanol–water partition coefficient (Wildman–Crippen LogP) is 3.72. The Morgan fingerprint density at radius 1 is 1.10 bits per heavy atom. The Labute approximate surface area is 137 Å². The van der Waals surface area contributed by atoms with Crippen molar-refractivity contribution in [1.82, 2.24) is 0 Å². The normalized spacial score (nSPS) is 36.2. The maximum Gasteiger partial charge on any atom is 0.500 e. The van der Waals surface area contributed by atoms with Crippen molar-refractivity contribution in [3.63, 3.8) is 0 Å². The van der Waals surface area contributed by atoms with E-state index in [2.05, 4.69) is 35.7 Å². The summed E-state index contributed by atoms with van der Waals surface area (Å²) in [5.41, 5.74) is 0. The van der Waals surface area contributed by atoms with Gasteiger partial charge in [0.2, 0.25) is 0 Å². The molecule has 3 aliphatic rings. The molecule has 0 saturated carbocycles. The van der Waals surface area contributed by atoms with Crippen LogP contribution in [0.25, 0.3) is 0 Å². The van der Waals surface area contributed by atoms with Gasteiger partial charge in [-0.2, -0.15) is 0 Å². The van der Waals surface area contributed by atoms with E-state index < -0.39 is 8.80 Å².